The van der Waals surface area contributed by atoms with E-state index in [-0.39, 0.29) is 12.5 Å². The third kappa shape index (κ3) is 6.49. The topological polar surface area (TPSA) is 47.6 Å². The second-order valence-corrected chi connectivity index (χ2v) is 6.66. The van der Waals surface area contributed by atoms with Crippen molar-refractivity contribution in [3.05, 3.63) is 53.6 Å². The largest absolute Gasteiger partial charge is 0.494 e. The van der Waals surface area contributed by atoms with Crippen LogP contribution >= 0.6 is 0 Å². The van der Waals surface area contributed by atoms with E-state index in [1.54, 1.807) is 0 Å². The molecule has 0 spiro atoms. The molecule has 134 valence electrons. The number of anilines is 1. The predicted molar refractivity (Wildman–Crippen MR) is 101 cm³/mol. The first-order valence-corrected chi connectivity index (χ1v) is 8.67. The van der Waals surface area contributed by atoms with E-state index in [0.29, 0.717) is 18.2 Å². The molecular weight excluding hydrogens is 314 g/mol. The third-order valence-electron chi connectivity index (χ3n) is 3.77. The van der Waals surface area contributed by atoms with Gasteiger partial charge in [0, 0.05) is 11.8 Å². The summed E-state index contributed by atoms with van der Waals surface area (Å²) < 4.78 is 11.3. The number of nitrogens with one attached hydrogen (secondary N) is 1. The molecule has 0 aliphatic rings. The van der Waals surface area contributed by atoms with Gasteiger partial charge in [0.25, 0.3) is 5.91 Å². The van der Waals surface area contributed by atoms with Gasteiger partial charge in [-0.2, -0.15) is 0 Å². The molecule has 0 heterocycles. The summed E-state index contributed by atoms with van der Waals surface area (Å²) in [4.78, 5) is 12.1. The Morgan fingerprint density at radius 3 is 2.60 bits per heavy atom. The van der Waals surface area contributed by atoms with Crippen LogP contribution in [-0.2, 0) is 4.79 Å². The summed E-state index contributed by atoms with van der Waals surface area (Å²) in [5, 5.41) is 2.84. The first-order valence-electron chi connectivity index (χ1n) is 8.67. The molecule has 1 N–H and O–H groups in total. The first-order chi connectivity index (χ1) is 11.9. The fourth-order valence-electron chi connectivity index (χ4n) is 2.38. The molecule has 0 aromatic heterocycles. The summed E-state index contributed by atoms with van der Waals surface area (Å²) in [5.74, 6) is 1.89. The van der Waals surface area contributed by atoms with E-state index >= 15 is 0 Å². The maximum absolute atomic E-state index is 12.1. The van der Waals surface area contributed by atoms with Crippen molar-refractivity contribution in [1.29, 1.82) is 0 Å². The zero-order chi connectivity index (χ0) is 18.2. The van der Waals surface area contributed by atoms with Crippen molar-refractivity contribution >= 4 is 11.6 Å². The zero-order valence-electron chi connectivity index (χ0n) is 15.5. The molecule has 1 amide bonds. The van der Waals surface area contributed by atoms with Gasteiger partial charge in [-0.1, -0.05) is 37.6 Å². The highest BCUT2D eigenvalue weighted by Crippen LogP contribution is 2.20. The molecule has 0 saturated heterocycles. The van der Waals surface area contributed by atoms with Gasteiger partial charge in [0.1, 0.15) is 11.5 Å². The number of rotatable bonds is 8. The van der Waals surface area contributed by atoms with E-state index in [1.807, 2.05) is 56.3 Å². The highest BCUT2D eigenvalue weighted by molar-refractivity contribution is 5.92. The van der Waals surface area contributed by atoms with Gasteiger partial charge in [0.05, 0.1) is 6.61 Å². The molecule has 4 nitrogen and oxygen atoms in total. The van der Waals surface area contributed by atoms with E-state index in [9.17, 15) is 4.79 Å². The van der Waals surface area contributed by atoms with Crippen molar-refractivity contribution in [3.8, 4) is 11.5 Å². The van der Waals surface area contributed by atoms with E-state index in [2.05, 4.69) is 19.2 Å². The summed E-state index contributed by atoms with van der Waals surface area (Å²) in [6.07, 6.45) is 1.00. The third-order valence-corrected chi connectivity index (χ3v) is 3.77. The molecule has 25 heavy (non-hydrogen) atoms. The number of carbonyl (C=O) groups is 1. The monoisotopic (exact) mass is 341 g/mol. The number of hydrogen-bond acceptors (Lipinski definition) is 3. The van der Waals surface area contributed by atoms with Gasteiger partial charge >= 0.3 is 0 Å². The smallest absolute Gasteiger partial charge is 0.262 e. The molecule has 0 radical (unpaired) electrons. The molecule has 0 fully saturated rings. The Balaban J connectivity index is 1.85. The molecule has 2 rings (SSSR count). The van der Waals surface area contributed by atoms with Crippen molar-refractivity contribution in [1.82, 2.24) is 0 Å². The second-order valence-electron chi connectivity index (χ2n) is 6.66. The molecule has 2 aromatic carbocycles. The zero-order valence-corrected chi connectivity index (χ0v) is 15.5. The Bertz CT molecular complexity index is 710. The van der Waals surface area contributed by atoms with E-state index < -0.39 is 0 Å². The summed E-state index contributed by atoms with van der Waals surface area (Å²) in [7, 11) is 0. The average Bonchev–Trinajstić information content (AvgIpc) is 2.54. The SMILES string of the molecule is Cc1ccc(OCC(=O)Nc2cccc(OCCC(C)C)c2)c(C)c1. The lowest BCUT2D eigenvalue weighted by atomic mass is 10.1. The standard InChI is InChI=1S/C21H27NO3/c1-15(2)10-11-24-19-7-5-6-18(13-19)22-21(23)14-25-20-9-8-16(3)12-17(20)4/h5-9,12-13,15H,10-11,14H2,1-4H3,(H,22,23). The van der Waals surface area contributed by atoms with Gasteiger partial charge in [0.15, 0.2) is 6.61 Å². The number of aryl methyl sites for hydroxylation is 2. The number of ether oxygens (including phenoxy) is 2. The predicted octanol–water partition coefficient (Wildman–Crippen LogP) is 4.75. The van der Waals surface area contributed by atoms with Gasteiger partial charge < -0.3 is 14.8 Å². The lowest BCUT2D eigenvalue weighted by molar-refractivity contribution is -0.118. The van der Waals surface area contributed by atoms with Crippen LogP contribution in [0.4, 0.5) is 5.69 Å². The summed E-state index contributed by atoms with van der Waals surface area (Å²) in [5.41, 5.74) is 2.90. The number of carbonyl (C=O) groups excluding carboxylic acids is 1. The van der Waals surface area contributed by atoms with Crippen LogP contribution in [-0.4, -0.2) is 19.1 Å². The molecule has 2 aromatic rings. The van der Waals surface area contributed by atoms with Crippen molar-refractivity contribution in [2.45, 2.75) is 34.1 Å². The summed E-state index contributed by atoms with van der Waals surface area (Å²) in [6.45, 7) is 8.97. The minimum absolute atomic E-state index is 0.0255. The molecule has 0 saturated carbocycles. The Hall–Kier alpha value is -2.49. The fraction of sp³-hybridized carbons (Fsp3) is 0.381. The lowest BCUT2D eigenvalue weighted by Crippen LogP contribution is -2.20. The number of hydrogen-bond donors (Lipinski definition) is 1. The fourth-order valence-corrected chi connectivity index (χ4v) is 2.38. The van der Waals surface area contributed by atoms with Crippen molar-refractivity contribution < 1.29 is 14.3 Å². The van der Waals surface area contributed by atoms with Gasteiger partial charge in [-0.05, 0) is 49.9 Å². The molecular formula is C21H27NO3. The Labute approximate surface area is 150 Å². The molecule has 0 aliphatic carbocycles. The van der Waals surface area contributed by atoms with Crippen LogP contribution in [0.2, 0.25) is 0 Å². The van der Waals surface area contributed by atoms with Crippen LogP contribution in [0.15, 0.2) is 42.5 Å². The number of benzene rings is 2. The van der Waals surface area contributed by atoms with Crippen molar-refractivity contribution in [3.63, 3.8) is 0 Å². The molecule has 4 heteroatoms. The molecule has 0 unspecified atom stereocenters. The Morgan fingerprint density at radius 2 is 1.88 bits per heavy atom. The van der Waals surface area contributed by atoms with Crippen LogP contribution in [0.3, 0.4) is 0 Å². The normalized spacial score (nSPS) is 10.6. The van der Waals surface area contributed by atoms with Gasteiger partial charge in [-0.3, -0.25) is 4.79 Å². The van der Waals surface area contributed by atoms with Gasteiger partial charge in [-0.15, -0.1) is 0 Å². The van der Waals surface area contributed by atoms with Gasteiger partial charge in [0.2, 0.25) is 0 Å². The Kier molecular flexibility index (Phi) is 6.87. The first kappa shape index (κ1) is 18.8. The van der Waals surface area contributed by atoms with Crippen LogP contribution in [0.1, 0.15) is 31.4 Å². The van der Waals surface area contributed by atoms with E-state index in [0.717, 1.165) is 23.5 Å². The Morgan fingerprint density at radius 1 is 1.08 bits per heavy atom. The molecule has 0 aliphatic heterocycles. The average molecular weight is 341 g/mol. The molecule has 0 bridgehead atoms. The quantitative estimate of drug-likeness (QED) is 0.754. The van der Waals surface area contributed by atoms with E-state index in [4.69, 9.17) is 9.47 Å². The lowest BCUT2D eigenvalue weighted by Gasteiger charge is -2.12. The van der Waals surface area contributed by atoms with Crippen molar-refractivity contribution in [2.24, 2.45) is 5.92 Å². The van der Waals surface area contributed by atoms with Crippen LogP contribution in [0.5, 0.6) is 11.5 Å². The van der Waals surface area contributed by atoms with Gasteiger partial charge in [-0.25, -0.2) is 0 Å². The van der Waals surface area contributed by atoms with E-state index in [1.165, 1.54) is 5.56 Å². The maximum Gasteiger partial charge on any atom is 0.262 e. The molecule has 0 atom stereocenters. The minimum Gasteiger partial charge on any atom is -0.494 e. The highest BCUT2D eigenvalue weighted by atomic mass is 16.5. The van der Waals surface area contributed by atoms with Crippen LogP contribution in [0.25, 0.3) is 0 Å². The highest BCUT2D eigenvalue weighted by Gasteiger charge is 2.07. The second kappa shape index (κ2) is 9.11. The van der Waals surface area contributed by atoms with Crippen molar-refractivity contribution in [2.75, 3.05) is 18.5 Å². The summed E-state index contributed by atoms with van der Waals surface area (Å²) >= 11 is 0. The minimum atomic E-state index is -0.195. The number of amides is 1. The maximum atomic E-state index is 12.1. The van der Waals surface area contributed by atoms with Crippen LogP contribution < -0.4 is 14.8 Å². The van der Waals surface area contributed by atoms with Crippen LogP contribution in [0, 0.1) is 19.8 Å². The summed E-state index contributed by atoms with van der Waals surface area (Å²) in [6, 6.07) is 13.3.